The highest BCUT2D eigenvalue weighted by Crippen LogP contribution is 2.21. The van der Waals surface area contributed by atoms with Crippen molar-refractivity contribution < 1.29 is 9.53 Å². The lowest BCUT2D eigenvalue weighted by Gasteiger charge is -2.37. The Kier molecular flexibility index (Phi) is 12.4. The lowest BCUT2D eigenvalue weighted by atomic mass is 9.94. The van der Waals surface area contributed by atoms with Crippen LogP contribution in [-0.2, 0) is 9.53 Å². The highest BCUT2D eigenvalue weighted by atomic mass is 35.5. The first-order valence-corrected chi connectivity index (χ1v) is 10.4. The van der Waals surface area contributed by atoms with Crippen LogP contribution in [0.5, 0.6) is 0 Å². The number of esters is 1. The van der Waals surface area contributed by atoms with E-state index in [1.54, 1.807) is 0 Å². The van der Waals surface area contributed by atoms with Crippen LogP contribution in [0.1, 0.15) is 26.2 Å². The molecule has 0 aromatic heterocycles. The molecule has 2 fully saturated rings. The number of carbonyl (C=O) groups excluding carboxylic acids is 1. The predicted molar refractivity (Wildman–Crippen MR) is 125 cm³/mol. The van der Waals surface area contributed by atoms with E-state index in [4.69, 9.17) is 4.74 Å². The Hall–Kier alpha value is -1.21. The van der Waals surface area contributed by atoms with Crippen molar-refractivity contribution in [2.24, 2.45) is 5.92 Å². The fourth-order valence-electron chi connectivity index (χ4n) is 3.94. The summed E-state index contributed by atoms with van der Waals surface area (Å²) in [5.41, 5.74) is 2.21. The van der Waals surface area contributed by atoms with Gasteiger partial charge in [0.05, 0.1) is 6.61 Å². The third kappa shape index (κ3) is 8.59. The minimum Gasteiger partial charge on any atom is -0.465 e. The maximum absolute atomic E-state index is 11.4. The van der Waals surface area contributed by atoms with Crippen molar-refractivity contribution in [1.82, 2.24) is 10.2 Å². The number of carbonyl (C=O) groups is 1. The van der Waals surface area contributed by atoms with Gasteiger partial charge in [0.15, 0.2) is 0 Å². The highest BCUT2D eigenvalue weighted by Gasteiger charge is 2.19. The minimum atomic E-state index is -0.220. The van der Waals surface area contributed by atoms with Gasteiger partial charge >= 0.3 is 5.97 Å². The van der Waals surface area contributed by atoms with E-state index in [0.29, 0.717) is 6.61 Å². The largest absolute Gasteiger partial charge is 0.465 e. The van der Waals surface area contributed by atoms with E-state index in [9.17, 15) is 4.79 Å². The molecule has 29 heavy (non-hydrogen) atoms. The van der Waals surface area contributed by atoms with Crippen LogP contribution in [0.4, 0.5) is 11.4 Å². The molecule has 1 aromatic carbocycles. The molecule has 0 radical (unpaired) electrons. The van der Waals surface area contributed by atoms with Gasteiger partial charge < -0.3 is 20.3 Å². The van der Waals surface area contributed by atoms with Crippen LogP contribution < -0.4 is 15.5 Å². The second kappa shape index (κ2) is 13.9. The summed E-state index contributed by atoms with van der Waals surface area (Å²) in [6.07, 6.45) is 4.04. The van der Waals surface area contributed by atoms with Crippen LogP contribution in [-0.4, -0.2) is 69.8 Å². The smallest absolute Gasteiger partial charge is 0.325 e. The minimum absolute atomic E-state index is 0. The number of nitrogens with one attached hydrogen (secondary N) is 2. The molecule has 0 aliphatic carbocycles. The summed E-state index contributed by atoms with van der Waals surface area (Å²) in [6.45, 7) is 10.6. The van der Waals surface area contributed by atoms with Crippen LogP contribution in [0.15, 0.2) is 24.3 Å². The fourth-order valence-corrected chi connectivity index (χ4v) is 3.94. The molecule has 3 rings (SSSR count). The Balaban J connectivity index is 0.00000210. The molecule has 166 valence electrons. The van der Waals surface area contributed by atoms with E-state index < -0.39 is 0 Å². The Morgan fingerprint density at radius 3 is 2.38 bits per heavy atom. The van der Waals surface area contributed by atoms with Gasteiger partial charge in [0.1, 0.15) is 6.54 Å². The summed E-state index contributed by atoms with van der Waals surface area (Å²) in [5.74, 6) is 0.695. The maximum Gasteiger partial charge on any atom is 0.325 e. The molecule has 0 saturated carbocycles. The third-order valence-corrected chi connectivity index (χ3v) is 5.66. The molecule has 0 spiro atoms. The van der Waals surface area contributed by atoms with Gasteiger partial charge in [-0.1, -0.05) is 0 Å². The molecule has 2 aliphatic rings. The summed E-state index contributed by atoms with van der Waals surface area (Å²) in [5, 5.41) is 6.56. The number of benzene rings is 1. The van der Waals surface area contributed by atoms with Crippen LogP contribution in [0, 0.1) is 5.92 Å². The number of halogens is 2. The molecular formula is C21H36Cl2N4O2. The average Bonchev–Trinajstić information content (AvgIpc) is 2.73. The van der Waals surface area contributed by atoms with Gasteiger partial charge in [0.2, 0.25) is 0 Å². The molecule has 2 aliphatic heterocycles. The standard InChI is InChI=1S/C21H34N4O2.2ClH/c1-2-27-21(26)17-23-19-3-5-20(6-4-19)25-15-13-24(14-16-25)12-9-18-7-10-22-11-8-18;;/h3-6,18,22-23H,2,7-17H2,1H3;2*1H. The number of piperazine rings is 1. The van der Waals surface area contributed by atoms with Crippen molar-refractivity contribution in [1.29, 1.82) is 0 Å². The summed E-state index contributed by atoms with van der Waals surface area (Å²) >= 11 is 0. The SMILES string of the molecule is CCOC(=O)CNc1ccc(N2CCN(CCC3CCNCC3)CC2)cc1.Cl.Cl. The van der Waals surface area contributed by atoms with Gasteiger partial charge in [-0.2, -0.15) is 0 Å². The van der Waals surface area contributed by atoms with Crippen LogP contribution in [0.3, 0.4) is 0 Å². The Morgan fingerprint density at radius 1 is 1.10 bits per heavy atom. The summed E-state index contributed by atoms with van der Waals surface area (Å²) in [4.78, 5) is 16.5. The molecule has 8 heteroatoms. The van der Waals surface area contributed by atoms with Crippen LogP contribution >= 0.6 is 24.8 Å². The number of ether oxygens (including phenoxy) is 1. The number of piperidine rings is 1. The van der Waals surface area contributed by atoms with E-state index in [1.165, 1.54) is 44.6 Å². The normalized spacial score (nSPS) is 17.8. The number of rotatable bonds is 8. The number of hydrogen-bond donors (Lipinski definition) is 2. The molecular weight excluding hydrogens is 411 g/mol. The average molecular weight is 447 g/mol. The highest BCUT2D eigenvalue weighted by molar-refractivity contribution is 5.85. The third-order valence-electron chi connectivity index (χ3n) is 5.66. The number of anilines is 2. The lowest BCUT2D eigenvalue weighted by Crippen LogP contribution is -2.47. The van der Waals surface area contributed by atoms with Gasteiger partial charge in [0, 0.05) is 37.6 Å². The van der Waals surface area contributed by atoms with E-state index in [0.717, 1.165) is 37.8 Å². The predicted octanol–water partition coefficient (Wildman–Crippen LogP) is 3.02. The molecule has 0 bridgehead atoms. The molecule has 0 atom stereocenters. The molecule has 0 unspecified atom stereocenters. The van der Waals surface area contributed by atoms with Gasteiger partial charge in [-0.15, -0.1) is 24.8 Å². The maximum atomic E-state index is 11.4. The van der Waals surface area contributed by atoms with Gasteiger partial charge in [-0.05, 0) is 76.0 Å². The topological polar surface area (TPSA) is 56.8 Å². The van der Waals surface area contributed by atoms with Crippen molar-refractivity contribution in [3.05, 3.63) is 24.3 Å². The molecule has 2 heterocycles. The van der Waals surface area contributed by atoms with Crippen molar-refractivity contribution in [2.45, 2.75) is 26.2 Å². The quantitative estimate of drug-likeness (QED) is 0.598. The van der Waals surface area contributed by atoms with Gasteiger partial charge in [-0.3, -0.25) is 9.69 Å². The molecule has 2 saturated heterocycles. The van der Waals surface area contributed by atoms with Gasteiger partial charge in [-0.25, -0.2) is 0 Å². The van der Waals surface area contributed by atoms with Crippen molar-refractivity contribution in [2.75, 3.05) is 69.2 Å². The number of hydrogen-bond acceptors (Lipinski definition) is 6. The Bertz CT molecular complexity index is 575. The first-order chi connectivity index (χ1) is 13.2. The van der Waals surface area contributed by atoms with E-state index in [1.807, 2.05) is 19.1 Å². The zero-order valence-electron chi connectivity index (χ0n) is 17.4. The fraction of sp³-hybridized carbons (Fsp3) is 0.667. The monoisotopic (exact) mass is 446 g/mol. The van der Waals surface area contributed by atoms with Crippen LogP contribution in [0.25, 0.3) is 0 Å². The van der Waals surface area contributed by atoms with Gasteiger partial charge in [0.25, 0.3) is 0 Å². The molecule has 6 nitrogen and oxygen atoms in total. The molecule has 2 N–H and O–H groups in total. The summed E-state index contributed by atoms with van der Waals surface area (Å²) in [6, 6.07) is 8.35. The van der Waals surface area contributed by atoms with Crippen molar-refractivity contribution in [3.63, 3.8) is 0 Å². The summed E-state index contributed by atoms with van der Waals surface area (Å²) in [7, 11) is 0. The second-order valence-corrected chi connectivity index (χ2v) is 7.52. The molecule has 0 amide bonds. The Morgan fingerprint density at radius 2 is 1.76 bits per heavy atom. The van der Waals surface area contributed by atoms with E-state index in [-0.39, 0.29) is 37.3 Å². The van der Waals surface area contributed by atoms with E-state index in [2.05, 4.69) is 32.6 Å². The van der Waals surface area contributed by atoms with E-state index >= 15 is 0 Å². The Labute approximate surface area is 187 Å². The lowest BCUT2D eigenvalue weighted by molar-refractivity contribution is -0.140. The molecule has 1 aromatic rings. The van der Waals surface area contributed by atoms with Crippen molar-refractivity contribution in [3.8, 4) is 0 Å². The zero-order valence-corrected chi connectivity index (χ0v) is 19.0. The first-order valence-electron chi connectivity index (χ1n) is 10.4. The van der Waals surface area contributed by atoms with Crippen LogP contribution in [0.2, 0.25) is 0 Å². The summed E-state index contributed by atoms with van der Waals surface area (Å²) < 4.78 is 4.93. The van der Waals surface area contributed by atoms with Crippen molar-refractivity contribution >= 4 is 42.2 Å². The number of nitrogens with zero attached hydrogens (tertiary/aromatic N) is 2. The zero-order chi connectivity index (χ0) is 18.9. The first kappa shape index (κ1) is 25.8. The second-order valence-electron chi connectivity index (χ2n) is 7.52.